The Labute approximate surface area is 392 Å². The van der Waals surface area contributed by atoms with Crippen LogP contribution in [0.25, 0.3) is 101 Å². The van der Waals surface area contributed by atoms with E-state index in [0.717, 1.165) is 39.0 Å². The highest BCUT2D eigenvalue weighted by molar-refractivity contribution is 7.26. The maximum Gasteiger partial charge on any atom is 0.197 e. The van der Waals surface area contributed by atoms with Crippen LogP contribution in [-0.4, -0.2) is 11.8 Å². The van der Waals surface area contributed by atoms with Crippen LogP contribution in [0.15, 0.2) is 138 Å². The number of para-hydroxylation sites is 1. The molecule has 66 heavy (non-hydrogen) atoms. The van der Waals surface area contributed by atoms with Crippen molar-refractivity contribution >= 4 is 136 Å². The number of aromatic nitrogens is 1. The van der Waals surface area contributed by atoms with Gasteiger partial charge in [-0.05, 0) is 117 Å². The van der Waals surface area contributed by atoms with E-state index in [1.165, 1.54) is 114 Å². The summed E-state index contributed by atoms with van der Waals surface area (Å²) in [5, 5.41) is 14.1. The van der Waals surface area contributed by atoms with Crippen molar-refractivity contribution in [2.24, 2.45) is 0 Å². The van der Waals surface area contributed by atoms with Gasteiger partial charge in [0.1, 0.15) is 11.2 Å². The predicted octanol–water partition coefficient (Wildman–Crippen LogP) is 16.4. The van der Waals surface area contributed by atoms with Gasteiger partial charge in [0.2, 0.25) is 0 Å². The van der Waals surface area contributed by atoms with Crippen LogP contribution in [0.4, 0.5) is 11.4 Å². The summed E-state index contributed by atoms with van der Waals surface area (Å²) in [6, 6.07) is 50.7. The summed E-state index contributed by atoms with van der Waals surface area (Å²) in [6.45, 7) is 16.6. The Hall–Kier alpha value is -6.34. The van der Waals surface area contributed by atoms with Crippen LogP contribution in [0.2, 0.25) is 0 Å². The van der Waals surface area contributed by atoms with Crippen molar-refractivity contribution in [1.29, 1.82) is 0 Å². The number of hydrogen-bond donors (Lipinski definition) is 1. The molecule has 1 aliphatic carbocycles. The molecular weight excluding hydrogens is 840 g/mol. The van der Waals surface area contributed by atoms with E-state index in [4.69, 9.17) is 4.42 Å². The lowest BCUT2D eigenvalue weighted by atomic mass is 9.59. The fourth-order valence-electron chi connectivity index (χ4n) is 11.6. The summed E-state index contributed by atoms with van der Waals surface area (Å²) in [4.78, 5) is 0. The molecule has 0 spiro atoms. The van der Waals surface area contributed by atoms with E-state index >= 15 is 0 Å². The monoisotopic (exact) mass is 887 g/mol. The van der Waals surface area contributed by atoms with Gasteiger partial charge in [-0.25, -0.2) is 0 Å². The minimum absolute atomic E-state index is 0.0706. The number of benzene rings is 8. The summed E-state index contributed by atoms with van der Waals surface area (Å²) in [5.74, 6) is 0. The molecule has 1 N–H and O–H groups in total. The molecular formula is C60H48BN2OS2. The zero-order valence-corrected chi connectivity index (χ0v) is 40.0. The number of thiophene rings is 2. The van der Waals surface area contributed by atoms with E-state index in [1.807, 2.05) is 22.7 Å². The summed E-state index contributed by atoms with van der Waals surface area (Å²) < 4.78 is 14.4. The number of nitrogens with zero attached hydrogens (tertiary/aromatic N) is 1. The number of nitrogens with one attached hydrogen (secondary N) is 1. The maximum atomic E-state index is 6.59. The Bertz CT molecular complexity index is 4090. The number of hydrogen-bond acceptors (Lipinski definition) is 4. The molecule has 0 saturated carbocycles. The molecule has 1 radical (unpaired) electrons. The molecule has 14 rings (SSSR count). The Kier molecular flexibility index (Phi) is 7.77. The highest BCUT2D eigenvalue weighted by Gasteiger charge is 2.38. The van der Waals surface area contributed by atoms with Crippen molar-refractivity contribution in [1.82, 2.24) is 4.57 Å². The highest BCUT2D eigenvalue weighted by atomic mass is 32.1. The van der Waals surface area contributed by atoms with E-state index in [1.54, 1.807) is 0 Å². The average Bonchev–Trinajstić information content (AvgIpc) is 4.05. The van der Waals surface area contributed by atoms with Crippen molar-refractivity contribution in [2.45, 2.75) is 77.6 Å². The normalized spacial score (nSPS) is 15.4. The molecule has 0 bridgehead atoms. The summed E-state index contributed by atoms with van der Waals surface area (Å²) in [6.07, 6.45) is 2.39. The number of rotatable bonds is 3. The molecule has 2 aliphatic rings. The molecule has 12 aromatic rings. The Balaban J connectivity index is 1.07. The van der Waals surface area contributed by atoms with Gasteiger partial charge in [0, 0.05) is 96.1 Å². The van der Waals surface area contributed by atoms with Crippen LogP contribution in [0.3, 0.4) is 0 Å². The Morgan fingerprint density at radius 3 is 2.05 bits per heavy atom. The quantitative estimate of drug-likeness (QED) is 0.179. The minimum atomic E-state index is 0.0706. The highest BCUT2D eigenvalue weighted by Crippen LogP contribution is 2.51. The zero-order valence-electron chi connectivity index (χ0n) is 38.4. The summed E-state index contributed by atoms with van der Waals surface area (Å²) >= 11 is 3.82. The summed E-state index contributed by atoms with van der Waals surface area (Å²) in [5.41, 5.74) is 17.2. The molecule has 0 saturated heterocycles. The molecule has 4 aromatic heterocycles. The summed E-state index contributed by atoms with van der Waals surface area (Å²) in [7, 11) is 2.46. The van der Waals surface area contributed by atoms with Gasteiger partial charge in [-0.2, -0.15) is 0 Å². The van der Waals surface area contributed by atoms with Gasteiger partial charge in [0.05, 0.1) is 5.52 Å². The first-order valence-corrected chi connectivity index (χ1v) is 25.1. The first-order chi connectivity index (χ1) is 31.8. The van der Waals surface area contributed by atoms with E-state index < -0.39 is 0 Å². The average molecular weight is 888 g/mol. The van der Waals surface area contributed by atoms with Crippen molar-refractivity contribution in [3.63, 3.8) is 0 Å². The molecule has 0 amide bonds. The third-order valence-corrected chi connectivity index (χ3v) is 17.7. The van der Waals surface area contributed by atoms with Gasteiger partial charge >= 0.3 is 0 Å². The van der Waals surface area contributed by atoms with Crippen molar-refractivity contribution in [3.8, 4) is 16.8 Å². The van der Waals surface area contributed by atoms with E-state index in [2.05, 4.69) is 199 Å². The van der Waals surface area contributed by atoms with Gasteiger partial charge in [-0.3, -0.25) is 0 Å². The smallest absolute Gasteiger partial charge is 0.197 e. The second kappa shape index (κ2) is 13.2. The lowest BCUT2D eigenvalue weighted by Gasteiger charge is -2.41. The van der Waals surface area contributed by atoms with Gasteiger partial charge in [0.15, 0.2) is 7.28 Å². The molecule has 1 aliphatic heterocycles. The van der Waals surface area contributed by atoms with Gasteiger partial charge in [-0.1, -0.05) is 121 Å². The van der Waals surface area contributed by atoms with Gasteiger partial charge < -0.3 is 14.3 Å². The lowest BCUT2D eigenvalue weighted by Crippen LogP contribution is -2.37. The van der Waals surface area contributed by atoms with Crippen molar-refractivity contribution < 1.29 is 4.42 Å². The van der Waals surface area contributed by atoms with Crippen molar-refractivity contribution in [3.05, 3.63) is 150 Å². The predicted molar refractivity (Wildman–Crippen MR) is 288 cm³/mol. The van der Waals surface area contributed by atoms with Gasteiger partial charge in [-0.15, -0.1) is 22.7 Å². The molecule has 3 nitrogen and oxygen atoms in total. The third-order valence-electron chi connectivity index (χ3n) is 15.4. The molecule has 6 heteroatoms. The first-order valence-electron chi connectivity index (χ1n) is 23.4. The van der Waals surface area contributed by atoms with Crippen LogP contribution < -0.4 is 16.2 Å². The van der Waals surface area contributed by atoms with Crippen molar-refractivity contribution in [2.75, 3.05) is 5.32 Å². The van der Waals surface area contributed by atoms with Crippen LogP contribution in [0.5, 0.6) is 0 Å². The topological polar surface area (TPSA) is 30.1 Å². The standard InChI is InChI=1S/C60H48BN2OS2/c1-58(2,3)32-16-18-33(19-17-32)62-47-29-54-42(43-26-44-45(28-53(43)66-54)60(6,7)23-22-59(44,4)5)24-38(47)36-20-21-37-39-25-41-35-13-9-11-15-52(35)65-55(41)31-48(39)63-49-30-51-40(27-46(49)61-56(36)57(37)63)34-12-8-10-14-50(34)64-51/h8-21,24-31,62H,22-23H2,1-7H3. The fraction of sp³-hybridized carbons (Fsp3) is 0.200. The molecule has 5 heterocycles. The lowest BCUT2D eigenvalue weighted by molar-refractivity contribution is 0.332. The van der Waals surface area contributed by atoms with Gasteiger partial charge in [0.25, 0.3) is 0 Å². The number of anilines is 2. The number of fused-ring (bicyclic) bond motifs is 15. The van der Waals surface area contributed by atoms with E-state index in [-0.39, 0.29) is 16.2 Å². The van der Waals surface area contributed by atoms with Crippen LogP contribution in [0.1, 0.15) is 78.0 Å². The second-order valence-electron chi connectivity index (χ2n) is 21.5. The first kappa shape index (κ1) is 38.9. The second-order valence-corrected chi connectivity index (χ2v) is 23.6. The molecule has 0 unspecified atom stereocenters. The molecule has 8 aromatic carbocycles. The van der Waals surface area contributed by atoms with Crippen LogP contribution in [-0.2, 0) is 16.2 Å². The Morgan fingerprint density at radius 2 is 1.24 bits per heavy atom. The third kappa shape index (κ3) is 5.49. The Morgan fingerprint density at radius 1 is 0.561 bits per heavy atom. The van der Waals surface area contributed by atoms with E-state index in [9.17, 15) is 0 Å². The van der Waals surface area contributed by atoms with Crippen LogP contribution in [0, 0.1) is 0 Å². The molecule has 0 atom stereocenters. The fourth-order valence-corrected chi connectivity index (χ4v) is 13.9. The van der Waals surface area contributed by atoms with E-state index in [0.29, 0.717) is 0 Å². The maximum absolute atomic E-state index is 6.59. The largest absolute Gasteiger partial charge is 0.456 e. The molecule has 0 fully saturated rings. The minimum Gasteiger partial charge on any atom is -0.456 e. The molecule has 319 valence electrons. The zero-order chi connectivity index (χ0) is 44.6. The SMILES string of the molecule is CC(C)(C)c1ccc(Nc2cc3sc4cc5c(cc4c3cc2-c2ccc3c4cc6c(cc4n4c3c2[B]c2cc3c(cc2-4)oc2ccccc23)sc2ccccc26)C(C)(C)CCC5(C)C)cc1. The number of furan rings is 1. The van der Waals surface area contributed by atoms with Crippen LogP contribution >= 0.6 is 22.7 Å².